The van der Waals surface area contributed by atoms with Crippen molar-refractivity contribution in [3.63, 3.8) is 0 Å². The van der Waals surface area contributed by atoms with E-state index in [0.717, 1.165) is 33.0 Å². The average molecular weight is 708 g/mol. The van der Waals surface area contributed by atoms with Crippen molar-refractivity contribution in [1.29, 1.82) is 0 Å². The fourth-order valence-electron chi connectivity index (χ4n) is 6.73. The molecule has 0 bridgehead atoms. The first-order chi connectivity index (χ1) is 34.3. The van der Waals surface area contributed by atoms with E-state index in [2.05, 4.69) is 0 Å². The zero-order valence-electron chi connectivity index (χ0n) is 46.2. The molecule has 0 aliphatic carbocycles. The molecule has 0 saturated carbocycles. The van der Waals surface area contributed by atoms with Crippen molar-refractivity contribution in [2.75, 3.05) is 4.90 Å². The van der Waals surface area contributed by atoms with E-state index in [1.54, 1.807) is 18.2 Å². The molecule has 0 unspecified atom stereocenters. The second kappa shape index (κ2) is 13.4. The summed E-state index contributed by atoms with van der Waals surface area (Å²) in [6.07, 6.45) is 0. The summed E-state index contributed by atoms with van der Waals surface area (Å²) in [5.41, 5.74) is 0.716. The van der Waals surface area contributed by atoms with Crippen molar-refractivity contribution in [2.24, 2.45) is 0 Å². The van der Waals surface area contributed by atoms with Crippen LogP contribution < -0.4 is 4.90 Å². The Balaban J connectivity index is 1.24. The van der Waals surface area contributed by atoms with E-state index >= 15 is 0 Å². The molecule has 0 fully saturated rings. The highest BCUT2D eigenvalue weighted by molar-refractivity contribution is 6.22. The number of benzene rings is 9. The minimum Gasteiger partial charge on any atom is -0.455 e. The molecule has 254 valence electrons. The lowest BCUT2D eigenvalue weighted by molar-refractivity contribution is 0.673. The highest BCUT2D eigenvalue weighted by atomic mass is 16.3. The lowest BCUT2D eigenvalue weighted by Crippen LogP contribution is -2.09. The lowest BCUT2D eigenvalue weighted by atomic mass is 9.92. The number of anilines is 3. The van der Waals surface area contributed by atoms with Gasteiger partial charge in [0, 0.05) is 33.2 Å². The summed E-state index contributed by atoms with van der Waals surface area (Å²) >= 11 is 0. The SMILES string of the molecule is [2H]c1c([2H])c([2H])c(-c2c([2H])c([2H])c(N(c3c([2H])c([2H])c([2H])c([2H])c3[2H])c3c([2H])c([2H])c(-c4cccc5oc6c7ccccc7c(-c7ccc(-c8ccccc8)cc7)cc6c45)c([2H])c3[2H])c([2H])c2[2H])c([2H])c1[2H]. The van der Waals surface area contributed by atoms with Gasteiger partial charge in [0.1, 0.15) is 11.2 Å². The fraction of sp³-hybridized carbons (Fsp3) is 0. The van der Waals surface area contributed by atoms with Crippen LogP contribution in [0.3, 0.4) is 0 Å². The van der Waals surface area contributed by atoms with Crippen LogP contribution in [0, 0.1) is 0 Å². The van der Waals surface area contributed by atoms with Crippen LogP contribution in [0.2, 0.25) is 0 Å². The molecule has 0 N–H and O–H groups in total. The minimum atomic E-state index is -1.03. The van der Waals surface area contributed by atoms with Crippen molar-refractivity contribution in [1.82, 2.24) is 0 Å². The summed E-state index contributed by atoms with van der Waals surface area (Å²) in [7, 11) is 0. The maximum absolute atomic E-state index is 9.63. The molecule has 10 aromatic rings. The molecule has 0 radical (unpaired) electrons. The predicted molar refractivity (Wildman–Crippen MR) is 228 cm³/mol. The molecule has 10 rings (SSSR count). The van der Waals surface area contributed by atoms with Gasteiger partial charge in [0.05, 0.1) is 24.7 Å². The van der Waals surface area contributed by atoms with Crippen molar-refractivity contribution >= 4 is 49.8 Å². The molecule has 0 amide bonds. The Labute approximate surface area is 340 Å². The molecule has 9 aromatic carbocycles. The maximum atomic E-state index is 9.63. The Hall–Kier alpha value is -7.16. The highest BCUT2D eigenvalue weighted by Crippen LogP contribution is 2.44. The quantitative estimate of drug-likeness (QED) is 0.164. The topological polar surface area (TPSA) is 16.4 Å². The number of rotatable bonds is 7. The number of nitrogens with zero attached hydrogens (tertiary/aromatic N) is 1. The van der Waals surface area contributed by atoms with Crippen LogP contribution in [0.4, 0.5) is 17.1 Å². The Kier molecular flexibility index (Phi) is 4.49. The van der Waals surface area contributed by atoms with E-state index in [4.69, 9.17) is 20.9 Å². The zero-order valence-corrected chi connectivity index (χ0v) is 28.2. The summed E-state index contributed by atoms with van der Waals surface area (Å²) in [6, 6.07) is 16.8. The van der Waals surface area contributed by atoms with Gasteiger partial charge in [-0.25, -0.2) is 0 Å². The van der Waals surface area contributed by atoms with Crippen molar-refractivity contribution in [2.45, 2.75) is 0 Å². The normalized spacial score (nSPS) is 16.0. The van der Waals surface area contributed by atoms with E-state index in [9.17, 15) is 8.22 Å². The van der Waals surface area contributed by atoms with Gasteiger partial charge in [0.25, 0.3) is 0 Å². The molecule has 0 aliphatic rings. The van der Waals surface area contributed by atoms with Gasteiger partial charge >= 0.3 is 0 Å². The number of fused-ring (bicyclic) bond motifs is 5. The van der Waals surface area contributed by atoms with Crippen LogP contribution in [-0.4, -0.2) is 0 Å². The monoisotopic (exact) mass is 707 g/mol. The first kappa shape index (κ1) is 18.1. The van der Waals surface area contributed by atoms with E-state index in [0.29, 0.717) is 26.8 Å². The number of furan rings is 1. The summed E-state index contributed by atoms with van der Waals surface area (Å²) in [4.78, 5) is 0.576. The van der Waals surface area contributed by atoms with Crippen LogP contribution in [0.5, 0.6) is 0 Å². The van der Waals surface area contributed by atoms with E-state index in [1.807, 2.05) is 84.9 Å². The Bertz CT molecular complexity index is 3850. The molecule has 0 atom stereocenters. The van der Waals surface area contributed by atoms with Gasteiger partial charge in [-0.1, -0.05) is 164 Å². The number of hydrogen-bond acceptors (Lipinski definition) is 2. The standard InChI is InChI=1S/C52H35NO/c1-4-13-36(14-5-1)38-23-25-41(26-24-38)48-35-49-51-45(21-12-22-50(51)54-52(49)47-20-11-10-19-46(47)48)40-29-33-44(34-30-40)53(42-17-8-3-9-18-42)43-31-27-39(28-32-43)37-15-6-2-7-16-37/h1-35H/i2D,3D,6D,7D,8D,9D,15D,16D,17D,18D,27D,28D,29D,30D,31D,32D,33D,34D. The molecular weight excluding hydrogens is 655 g/mol. The third kappa shape index (κ3) is 5.62. The Morgan fingerprint density at radius 1 is 0.370 bits per heavy atom. The third-order valence-corrected chi connectivity index (χ3v) is 9.21. The maximum Gasteiger partial charge on any atom is 0.143 e. The van der Waals surface area contributed by atoms with E-state index < -0.39 is 137 Å². The summed E-state index contributed by atoms with van der Waals surface area (Å²) in [6.45, 7) is 0. The van der Waals surface area contributed by atoms with Gasteiger partial charge in [0.2, 0.25) is 0 Å². The molecule has 54 heavy (non-hydrogen) atoms. The van der Waals surface area contributed by atoms with Gasteiger partial charge in [0.15, 0.2) is 0 Å². The molecular formula is C52H35NO. The molecule has 0 saturated heterocycles. The van der Waals surface area contributed by atoms with E-state index in [-0.39, 0.29) is 11.1 Å². The molecule has 2 heteroatoms. The van der Waals surface area contributed by atoms with Gasteiger partial charge in [-0.05, 0) is 98.3 Å². The van der Waals surface area contributed by atoms with Crippen molar-refractivity contribution < 1.29 is 29.1 Å². The third-order valence-electron chi connectivity index (χ3n) is 9.21. The van der Waals surface area contributed by atoms with Crippen LogP contribution in [-0.2, 0) is 0 Å². The smallest absolute Gasteiger partial charge is 0.143 e. The summed E-state index contributed by atoms with van der Waals surface area (Å²) < 4.78 is 167. The molecule has 0 aliphatic heterocycles. The molecule has 0 spiro atoms. The molecule has 2 nitrogen and oxygen atoms in total. The van der Waals surface area contributed by atoms with Crippen LogP contribution in [0.1, 0.15) is 24.7 Å². The lowest BCUT2D eigenvalue weighted by Gasteiger charge is -2.26. The van der Waals surface area contributed by atoms with Crippen molar-refractivity contribution in [3.8, 4) is 44.5 Å². The van der Waals surface area contributed by atoms with Gasteiger partial charge in [-0.2, -0.15) is 0 Å². The Morgan fingerprint density at radius 3 is 1.63 bits per heavy atom. The van der Waals surface area contributed by atoms with Crippen LogP contribution in [0.15, 0.2) is 216 Å². The second-order valence-electron chi connectivity index (χ2n) is 12.3. The largest absolute Gasteiger partial charge is 0.455 e. The van der Waals surface area contributed by atoms with Gasteiger partial charge in [-0.3, -0.25) is 0 Å². The minimum absolute atomic E-state index is 0.219. The Morgan fingerprint density at radius 2 is 0.926 bits per heavy atom. The number of para-hydroxylation sites is 1. The van der Waals surface area contributed by atoms with Crippen molar-refractivity contribution in [3.05, 3.63) is 212 Å². The highest BCUT2D eigenvalue weighted by Gasteiger charge is 2.19. The molecule has 1 heterocycles. The summed E-state index contributed by atoms with van der Waals surface area (Å²) in [5, 5.41) is 2.68. The van der Waals surface area contributed by atoms with Crippen LogP contribution in [0.25, 0.3) is 77.2 Å². The second-order valence-corrected chi connectivity index (χ2v) is 12.3. The zero-order chi connectivity index (χ0) is 51.5. The summed E-state index contributed by atoms with van der Waals surface area (Å²) in [5.74, 6) is 0. The van der Waals surface area contributed by atoms with Gasteiger partial charge in [-0.15, -0.1) is 0 Å². The fourth-order valence-corrected chi connectivity index (χ4v) is 6.73. The first-order valence-electron chi connectivity index (χ1n) is 26.0. The van der Waals surface area contributed by atoms with E-state index in [1.165, 1.54) is 0 Å². The average Bonchev–Trinajstić information content (AvgIpc) is 3.78. The molecule has 1 aromatic heterocycles. The van der Waals surface area contributed by atoms with Crippen LogP contribution >= 0.6 is 0 Å². The number of hydrogen-bond donors (Lipinski definition) is 0. The predicted octanol–water partition coefficient (Wildman–Crippen LogP) is 14.9. The van der Waals surface area contributed by atoms with Gasteiger partial charge < -0.3 is 9.32 Å². The first-order valence-corrected chi connectivity index (χ1v) is 17.0.